The van der Waals surface area contributed by atoms with E-state index in [0.29, 0.717) is 26.0 Å². The van der Waals surface area contributed by atoms with Crippen LogP contribution in [0, 0.1) is 0 Å². The SMILES string of the molecule is CCCCOC(=O)CCN(CCCCCCN=C1CCCCC1)C(=O)CC. The van der Waals surface area contributed by atoms with Crippen molar-refractivity contribution in [2.45, 2.75) is 97.3 Å². The summed E-state index contributed by atoms with van der Waals surface area (Å²) in [5, 5.41) is 0. The third-order valence-electron chi connectivity index (χ3n) is 5.10. The molecule has 0 aromatic heterocycles. The summed E-state index contributed by atoms with van der Waals surface area (Å²) in [6.45, 7) is 6.60. The van der Waals surface area contributed by atoms with Crippen LogP contribution in [-0.2, 0) is 14.3 Å². The number of hydrogen-bond donors (Lipinski definition) is 0. The number of ether oxygens (including phenoxy) is 1. The summed E-state index contributed by atoms with van der Waals surface area (Å²) in [5.41, 5.74) is 1.42. The first kappa shape index (κ1) is 23.6. The maximum absolute atomic E-state index is 12.1. The maximum atomic E-state index is 12.1. The Labute approximate surface area is 165 Å². The molecule has 0 spiro atoms. The maximum Gasteiger partial charge on any atom is 0.307 e. The molecule has 0 unspecified atom stereocenters. The molecule has 0 aliphatic heterocycles. The summed E-state index contributed by atoms with van der Waals surface area (Å²) in [7, 11) is 0. The summed E-state index contributed by atoms with van der Waals surface area (Å²) in [6.07, 6.45) is 13.5. The third kappa shape index (κ3) is 11.8. The Bertz CT molecular complexity index is 441. The van der Waals surface area contributed by atoms with E-state index >= 15 is 0 Å². The van der Waals surface area contributed by atoms with Gasteiger partial charge in [0.05, 0.1) is 13.0 Å². The van der Waals surface area contributed by atoms with E-state index in [9.17, 15) is 9.59 Å². The number of rotatable bonds is 14. The van der Waals surface area contributed by atoms with Crippen molar-refractivity contribution in [2.24, 2.45) is 4.99 Å². The van der Waals surface area contributed by atoms with Crippen LogP contribution in [0.4, 0.5) is 0 Å². The molecule has 0 bridgehead atoms. The molecule has 0 atom stereocenters. The summed E-state index contributed by atoms with van der Waals surface area (Å²) in [4.78, 5) is 30.4. The monoisotopic (exact) mass is 380 g/mol. The van der Waals surface area contributed by atoms with E-state index < -0.39 is 0 Å². The van der Waals surface area contributed by atoms with Crippen molar-refractivity contribution < 1.29 is 14.3 Å². The van der Waals surface area contributed by atoms with Gasteiger partial charge in [0.25, 0.3) is 0 Å². The van der Waals surface area contributed by atoms with Gasteiger partial charge in [-0.05, 0) is 44.9 Å². The summed E-state index contributed by atoms with van der Waals surface area (Å²) < 4.78 is 5.18. The van der Waals surface area contributed by atoms with Crippen molar-refractivity contribution in [3.63, 3.8) is 0 Å². The lowest BCUT2D eigenvalue weighted by Crippen LogP contribution is -2.33. The van der Waals surface area contributed by atoms with E-state index in [1.165, 1.54) is 37.8 Å². The first-order valence-corrected chi connectivity index (χ1v) is 11.1. The van der Waals surface area contributed by atoms with Crippen LogP contribution < -0.4 is 0 Å². The average molecular weight is 381 g/mol. The Hall–Kier alpha value is -1.39. The lowest BCUT2D eigenvalue weighted by molar-refractivity contribution is -0.144. The minimum Gasteiger partial charge on any atom is -0.466 e. The number of carbonyl (C=O) groups is 2. The molecule has 1 rings (SSSR count). The molecule has 0 aromatic carbocycles. The molecule has 1 aliphatic carbocycles. The number of esters is 1. The number of carbonyl (C=O) groups excluding carboxylic acids is 2. The molecule has 1 aliphatic rings. The number of nitrogens with zero attached hydrogens (tertiary/aromatic N) is 2. The molecule has 1 fully saturated rings. The van der Waals surface area contributed by atoms with Gasteiger partial charge in [-0.15, -0.1) is 0 Å². The standard InChI is InChI=1S/C22H40N2O3/c1-3-5-19-27-22(26)15-18-24(21(25)4-2)17-12-7-6-11-16-23-20-13-9-8-10-14-20/h3-19H2,1-2H3. The number of hydrogen-bond acceptors (Lipinski definition) is 4. The number of amides is 1. The van der Waals surface area contributed by atoms with Gasteiger partial charge in [0, 0.05) is 31.8 Å². The van der Waals surface area contributed by atoms with E-state index in [4.69, 9.17) is 9.73 Å². The highest BCUT2D eigenvalue weighted by Crippen LogP contribution is 2.15. The number of aliphatic imine (C=N–C) groups is 1. The molecule has 1 saturated carbocycles. The molecule has 5 nitrogen and oxygen atoms in total. The lowest BCUT2D eigenvalue weighted by Gasteiger charge is -2.22. The van der Waals surface area contributed by atoms with Crippen LogP contribution >= 0.6 is 0 Å². The van der Waals surface area contributed by atoms with Gasteiger partial charge in [0.1, 0.15) is 0 Å². The van der Waals surface area contributed by atoms with Gasteiger partial charge in [-0.3, -0.25) is 14.6 Å². The van der Waals surface area contributed by atoms with E-state index in [1.807, 2.05) is 11.8 Å². The van der Waals surface area contributed by atoms with Crippen molar-refractivity contribution in [1.82, 2.24) is 4.90 Å². The van der Waals surface area contributed by atoms with Crippen LogP contribution in [0.15, 0.2) is 4.99 Å². The molecule has 0 aromatic rings. The third-order valence-corrected chi connectivity index (χ3v) is 5.10. The molecule has 5 heteroatoms. The first-order valence-electron chi connectivity index (χ1n) is 11.1. The van der Waals surface area contributed by atoms with Gasteiger partial charge >= 0.3 is 5.97 Å². The van der Waals surface area contributed by atoms with Crippen LogP contribution in [0.3, 0.4) is 0 Å². The smallest absolute Gasteiger partial charge is 0.307 e. The van der Waals surface area contributed by atoms with Crippen LogP contribution in [-0.4, -0.2) is 48.7 Å². The van der Waals surface area contributed by atoms with E-state index in [2.05, 4.69) is 6.92 Å². The predicted molar refractivity (Wildman–Crippen MR) is 111 cm³/mol. The van der Waals surface area contributed by atoms with Crippen LogP contribution in [0.25, 0.3) is 0 Å². The summed E-state index contributed by atoms with van der Waals surface area (Å²) in [5.74, 6) is -0.0702. The highest BCUT2D eigenvalue weighted by Gasteiger charge is 2.13. The largest absolute Gasteiger partial charge is 0.466 e. The second-order valence-electron chi connectivity index (χ2n) is 7.48. The van der Waals surface area contributed by atoms with Crippen molar-refractivity contribution >= 4 is 17.6 Å². The van der Waals surface area contributed by atoms with Gasteiger partial charge in [-0.25, -0.2) is 0 Å². The zero-order valence-electron chi connectivity index (χ0n) is 17.6. The molecule has 0 radical (unpaired) electrons. The van der Waals surface area contributed by atoms with Crippen LogP contribution in [0.5, 0.6) is 0 Å². The van der Waals surface area contributed by atoms with Gasteiger partial charge in [-0.1, -0.05) is 39.5 Å². The quantitative estimate of drug-likeness (QED) is 0.317. The topological polar surface area (TPSA) is 59.0 Å². The Morgan fingerprint density at radius 1 is 0.963 bits per heavy atom. The molecule has 27 heavy (non-hydrogen) atoms. The number of unbranched alkanes of at least 4 members (excludes halogenated alkanes) is 4. The minimum atomic E-state index is -0.195. The van der Waals surface area contributed by atoms with Crippen molar-refractivity contribution in [2.75, 3.05) is 26.2 Å². The second-order valence-corrected chi connectivity index (χ2v) is 7.48. The Morgan fingerprint density at radius 2 is 1.70 bits per heavy atom. The highest BCUT2D eigenvalue weighted by molar-refractivity contribution is 5.85. The van der Waals surface area contributed by atoms with E-state index in [-0.39, 0.29) is 11.9 Å². The van der Waals surface area contributed by atoms with Crippen molar-refractivity contribution in [1.29, 1.82) is 0 Å². The zero-order chi connectivity index (χ0) is 19.7. The summed E-state index contributed by atoms with van der Waals surface area (Å²) >= 11 is 0. The van der Waals surface area contributed by atoms with Crippen LogP contribution in [0.2, 0.25) is 0 Å². The molecular weight excluding hydrogens is 340 g/mol. The van der Waals surface area contributed by atoms with Gasteiger partial charge in [0.15, 0.2) is 0 Å². The van der Waals surface area contributed by atoms with E-state index in [0.717, 1.165) is 51.6 Å². The molecule has 0 saturated heterocycles. The molecule has 156 valence electrons. The highest BCUT2D eigenvalue weighted by atomic mass is 16.5. The summed E-state index contributed by atoms with van der Waals surface area (Å²) in [6, 6.07) is 0. The molecule has 1 amide bonds. The van der Waals surface area contributed by atoms with E-state index in [1.54, 1.807) is 0 Å². The van der Waals surface area contributed by atoms with Crippen molar-refractivity contribution in [3.8, 4) is 0 Å². The van der Waals surface area contributed by atoms with Crippen molar-refractivity contribution in [3.05, 3.63) is 0 Å². The Balaban J connectivity index is 2.14. The average Bonchev–Trinajstić information content (AvgIpc) is 2.69. The fourth-order valence-corrected chi connectivity index (χ4v) is 3.34. The Kier molecular flexibility index (Phi) is 13.7. The lowest BCUT2D eigenvalue weighted by atomic mass is 9.98. The van der Waals surface area contributed by atoms with Gasteiger partial charge < -0.3 is 9.64 Å². The first-order chi connectivity index (χ1) is 13.2. The fourth-order valence-electron chi connectivity index (χ4n) is 3.34. The minimum absolute atomic E-state index is 0.125. The predicted octanol–water partition coefficient (Wildman–Crippen LogP) is 4.92. The molecule has 0 N–H and O–H groups in total. The second kappa shape index (κ2) is 15.6. The normalized spacial score (nSPS) is 14.1. The fraction of sp³-hybridized carbons (Fsp3) is 0.864. The van der Waals surface area contributed by atoms with Crippen LogP contribution in [0.1, 0.15) is 97.3 Å². The molecule has 0 heterocycles. The van der Waals surface area contributed by atoms with Gasteiger partial charge in [0.2, 0.25) is 5.91 Å². The zero-order valence-corrected chi connectivity index (χ0v) is 17.6. The Morgan fingerprint density at radius 3 is 2.41 bits per heavy atom. The van der Waals surface area contributed by atoms with Gasteiger partial charge in [-0.2, -0.15) is 0 Å². The molecular formula is C22H40N2O3.